The number of nitrogens with one attached hydrogen (secondary N) is 1. The van der Waals surface area contributed by atoms with Crippen LogP contribution in [-0.2, 0) is 9.53 Å². The van der Waals surface area contributed by atoms with Gasteiger partial charge in [0.25, 0.3) is 5.91 Å². The van der Waals surface area contributed by atoms with Crippen molar-refractivity contribution in [2.24, 2.45) is 5.92 Å². The van der Waals surface area contributed by atoms with Gasteiger partial charge in [0.15, 0.2) is 5.75 Å². The second-order valence-electron chi connectivity index (χ2n) is 4.69. The Hall–Kier alpha value is -1.46. The molecule has 0 aliphatic rings. The molecule has 0 fully saturated rings. The van der Waals surface area contributed by atoms with Crippen molar-refractivity contribution in [2.45, 2.75) is 19.9 Å². The van der Waals surface area contributed by atoms with Gasteiger partial charge in [0.1, 0.15) is 6.04 Å². The highest BCUT2D eigenvalue weighted by molar-refractivity contribution is 6.37. The van der Waals surface area contributed by atoms with Gasteiger partial charge in [-0.05, 0) is 18.1 Å². The summed E-state index contributed by atoms with van der Waals surface area (Å²) in [7, 11) is 2.70. The van der Waals surface area contributed by atoms with E-state index < -0.39 is 17.9 Å². The van der Waals surface area contributed by atoms with Crippen molar-refractivity contribution >= 4 is 35.1 Å². The van der Waals surface area contributed by atoms with Crippen LogP contribution in [0.3, 0.4) is 0 Å². The highest BCUT2D eigenvalue weighted by Crippen LogP contribution is 2.33. The number of hydrogen-bond donors (Lipinski definition) is 1. The number of halogens is 2. The van der Waals surface area contributed by atoms with Crippen molar-refractivity contribution in [3.8, 4) is 5.75 Å². The lowest BCUT2D eigenvalue weighted by atomic mass is 10.0. The Morgan fingerprint density at radius 2 is 1.67 bits per heavy atom. The fraction of sp³-hybridized carbons (Fsp3) is 0.429. The zero-order valence-corrected chi connectivity index (χ0v) is 13.7. The molecule has 1 amide bonds. The fourth-order valence-electron chi connectivity index (χ4n) is 1.74. The summed E-state index contributed by atoms with van der Waals surface area (Å²) in [4.78, 5) is 23.9. The van der Waals surface area contributed by atoms with Gasteiger partial charge in [0, 0.05) is 5.56 Å². The normalized spacial score (nSPS) is 12.0. The molecule has 116 valence electrons. The molecule has 0 saturated carbocycles. The Kier molecular flexibility index (Phi) is 6.30. The molecule has 0 radical (unpaired) electrons. The van der Waals surface area contributed by atoms with E-state index in [2.05, 4.69) is 10.1 Å². The minimum Gasteiger partial charge on any atom is -0.494 e. The van der Waals surface area contributed by atoms with Crippen molar-refractivity contribution in [2.75, 3.05) is 14.2 Å². The summed E-state index contributed by atoms with van der Waals surface area (Å²) in [6.45, 7) is 3.60. The fourth-order valence-corrected chi connectivity index (χ4v) is 2.38. The summed E-state index contributed by atoms with van der Waals surface area (Å²) >= 11 is 12.0. The quantitative estimate of drug-likeness (QED) is 0.841. The molecular weight excluding hydrogens is 317 g/mol. The molecule has 5 nitrogen and oxygen atoms in total. The van der Waals surface area contributed by atoms with Crippen molar-refractivity contribution in [1.82, 2.24) is 5.32 Å². The number of hydrogen-bond acceptors (Lipinski definition) is 4. The third-order valence-electron chi connectivity index (χ3n) is 2.87. The summed E-state index contributed by atoms with van der Waals surface area (Å²) in [5.74, 6) is -0.802. The highest BCUT2D eigenvalue weighted by atomic mass is 35.5. The first-order valence-corrected chi connectivity index (χ1v) is 6.99. The molecule has 1 rings (SSSR count). The van der Waals surface area contributed by atoms with Crippen molar-refractivity contribution in [3.05, 3.63) is 27.7 Å². The summed E-state index contributed by atoms with van der Waals surface area (Å²) < 4.78 is 9.68. The minimum absolute atomic E-state index is 0.120. The Labute approximate surface area is 133 Å². The van der Waals surface area contributed by atoms with Gasteiger partial charge in [-0.25, -0.2) is 4.79 Å². The van der Waals surface area contributed by atoms with Gasteiger partial charge in [-0.15, -0.1) is 0 Å². The van der Waals surface area contributed by atoms with Gasteiger partial charge in [0.2, 0.25) is 0 Å². The van der Waals surface area contributed by atoms with Gasteiger partial charge >= 0.3 is 5.97 Å². The van der Waals surface area contributed by atoms with Crippen LogP contribution < -0.4 is 10.1 Å². The number of ether oxygens (including phenoxy) is 2. The van der Waals surface area contributed by atoms with E-state index in [1.807, 2.05) is 0 Å². The number of methoxy groups -OCH3 is 2. The average molecular weight is 334 g/mol. The molecule has 1 aromatic carbocycles. The second kappa shape index (κ2) is 7.52. The van der Waals surface area contributed by atoms with Crippen LogP contribution >= 0.6 is 23.2 Å². The van der Waals surface area contributed by atoms with E-state index >= 15 is 0 Å². The first kappa shape index (κ1) is 17.6. The largest absolute Gasteiger partial charge is 0.494 e. The Bertz CT molecular complexity index is 523. The lowest BCUT2D eigenvalue weighted by molar-refractivity contribution is -0.144. The Balaban J connectivity index is 3.01. The number of rotatable bonds is 5. The lowest BCUT2D eigenvalue weighted by Crippen LogP contribution is -2.45. The Morgan fingerprint density at radius 3 is 2.05 bits per heavy atom. The number of amides is 1. The molecule has 0 aromatic heterocycles. The van der Waals surface area contributed by atoms with Gasteiger partial charge in [0.05, 0.1) is 24.3 Å². The second-order valence-corrected chi connectivity index (χ2v) is 5.51. The SMILES string of the molecule is COC(=O)C(NC(=O)c1cc(Cl)c(OC)c(Cl)c1)C(C)C. The third kappa shape index (κ3) is 4.25. The van der Waals surface area contributed by atoms with E-state index in [-0.39, 0.29) is 21.5 Å². The average Bonchev–Trinajstić information content (AvgIpc) is 2.42. The zero-order chi connectivity index (χ0) is 16.2. The lowest BCUT2D eigenvalue weighted by Gasteiger charge is -2.20. The molecule has 1 N–H and O–H groups in total. The number of carbonyl (C=O) groups is 2. The molecule has 0 bridgehead atoms. The molecule has 1 aromatic rings. The molecule has 0 heterocycles. The molecular formula is C14H17Cl2NO4. The number of esters is 1. The maximum absolute atomic E-state index is 12.2. The molecule has 1 unspecified atom stereocenters. The first-order valence-electron chi connectivity index (χ1n) is 6.23. The minimum atomic E-state index is -0.748. The van der Waals surface area contributed by atoms with E-state index in [0.29, 0.717) is 5.75 Å². The molecule has 0 aliphatic heterocycles. The summed E-state index contributed by atoms with van der Waals surface area (Å²) in [5.41, 5.74) is 0.236. The highest BCUT2D eigenvalue weighted by Gasteiger charge is 2.26. The van der Waals surface area contributed by atoms with Crippen molar-refractivity contribution in [3.63, 3.8) is 0 Å². The van der Waals surface area contributed by atoms with E-state index in [9.17, 15) is 9.59 Å². The third-order valence-corrected chi connectivity index (χ3v) is 3.43. The van der Waals surface area contributed by atoms with Crippen LogP contribution in [0.25, 0.3) is 0 Å². The van der Waals surface area contributed by atoms with Crippen LogP contribution in [0.15, 0.2) is 12.1 Å². The molecule has 7 heteroatoms. The molecule has 0 aliphatic carbocycles. The van der Waals surface area contributed by atoms with Gasteiger partial charge < -0.3 is 14.8 Å². The van der Waals surface area contributed by atoms with Crippen LogP contribution in [0.4, 0.5) is 0 Å². The maximum atomic E-state index is 12.2. The van der Waals surface area contributed by atoms with E-state index in [0.717, 1.165) is 0 Å². The Morgan fingerprint density at radius 1 is 1.14 bits per heavy atom. The van der Waals surface area contributed by atoms with Crippen LogP contribution in [0.5, 0.6) is 5.75 Å². The zero-order valence-electron chi connectivity index (χ0n) is 12.2. The topological polar surface area (TPSA) is 64.6 Å². The van der Waals surface area contributed by atoms with Gasteiger partial charge in [-0.2, -0.15) is 0 Å². The molecule has 0 spiro atoms. The summed E-state index contributed by atoms with van der Waals surface area (Å²) in [6.07, 6.45) is 0. The first-order chi connectivity index (χ1) is 9.81. The van der Waals surface area contributed by atoms with Gasteiger partial charge in [-0.1, -0.05) is 37.0 Å². The number of benzene rings is 1. The summed E-state index contributed by atoms with van der Waals surface area (Å²) in [5, 5.41) is 3.04. The van der Waals surface area contributed by atoms with Gasteiger partial charge in [-0.3, -0.25) is 4.79 Å². The summed E-state index contributed by atoms with van der Waals surface area (Å²) in [6, 6.07) is 2.11. The monoisotopic (exact) mass is 333 g/mol. The smallest absolute Gasteiger partial charge is 0.328 e. The van der Waals surface area contributed by atoms with Crippen LogP contribution in [-0.4, -0.2) is 32.1 Å². The maximum Gasteiger partial charge on any atom is 0.328 e. The van der Waals surface area contributed by atoms with Crippen LogP contribution in [0.1, 0.15) is 24.2 Å². The predicted molar refractivity (Wildman–Crippen MR) is 81.1 cm³/mol. The van der Waals surface area contributed by atoms with E-state index in [4.69, 9.17) is 27.9 Å². The van der Waals surface area contributed by atoms with Crippen LogP contribution in [0, 0.1) is 5.92 Å². The predicted octanol–water partition coefficient (Wildman–Crippen LogP) is 2.93. The molecule has 1 atom stereocenters. The molecule has 0 saturated heterocycles. The van der Waals surface area contributed by atoms with Crippen molar-refractivity contribution < 1.29 is 19.1 Å². The van der Waals surface area contributed by atoms with Crippen molar-refractivity contribution in [1.29, 1.82) is 0 Å². The van der Waals surface area contributed by atoms with Crippen LogP contribution in [0.2, 0.25) is 10.0 Å². The molecule has 21 heavy (non-hydrogen) atoms. The van der Waals surface area contributed by atoms with E-state index in [1.54, 1.807) is 13.8 Å². The number of carbonyl (C=O) groups excluding carboxylic acids is 2. The standard InChI is InChI=1S/C14H17Cl2NO4/c1-7(2)11(14(19)21-4)17-13(18)8-5-9(15)12(20-3)10(16)6-8/h5-7,11H,1-4H3,(H,17,18). The van der Waals surface area contributed by atoms with E-state index in [1.165, 1.54) is 26.4 Å².